The minimum atomic E-state index is 0.0614. The second-order valence-corrected chi connectivity index (χ2v) is 9.10. The summed E-state index contributed by atoms with van der Waals surface area (Å²) in [4.78, 5) is 18.3. The van der Waals surface area contributed by atoms with Gasteiger partial charge in [0.1, 0.15) is 0 Å². The van der Waals surface area contributed by atoms with E-state index in [1.165, 1.54) is 5.56 Å². The lowest BCUT2D eigenvalue weighted by molar-refractivity contribution is 0.0696. The quantitative estimate of drug-likeness (QED) is 0.862. The van der Waals surface area contributed by atoms with E-state index >= 15 is 0 Å². The van der Waals surface area contributed by atoms with Gasteiger partial charge in [-0.25, -0.2) is 0 Å². The summed E-state index contributed by atoms with van der Waals surface area (Å²) in [5.41, 5.74) is 4.31. The van der Waals surface area contributed by atoms with Crippen LogP contribution in [0.25, 0.3) is 10.9 Å². The average Bonchev–Trinajstić information content (AvgIpc) is 2.65. The summed E-state index contributed by atoms with van der Waals surface area (Å²) in [6.45, 7) is 8.37. The Bertz CT molecular complexity index is 847. The van der Waals surface area contributed by atoms with Crippen LogP contribution in [0.3, 0.4) is 0 Å². The number of amides is 1. The molecule has 1 saturated heterocycles. The highest BCUT2D eigenvalue weighted by atomic mass is 16.5. The highest BCUT2D eigenvalue weighted by molar-refractivity contribution is 6.07. The number of para-hydroxylation sites is 1. The number of aromatic nitrogens is 1. The zero-order valence-electron chi connectivity index (χ0n) is 16.7. The minimum Gasteiger partial charge on any atom is -0.381 e. The lowest BCUT2D eigenvalue weighted by atomic mass is 9.70. The molecule has 4 rings (SSSR count). The number of hydrogen-bond donors (Lipinski definition) is 1. The molecule has 4 heteroatoms. The fraction of sp³-hybridized carbons (Fsp3) is 0.565. The third-order valence-corrected chi connectivity index (χ3v) is 6.27. The molecule has 27 heavy (non-hydrogen) atoms. The van der Waals surface area contributed by atoms with Crippen LogP contribution < -0.4 is 5.32 Å². The first-order valence-corrected chi connectivity index (χ1v) is 10.2. The SMILES string of the molecule is CC(C)(C)C1CCc2nc3ccccc3c(C(=O)NC3CCOCC3)c2C1. The van der Waals surface area contributed by atoms with Crippen LogP contribution in [-0.2, 0) is 17.6 Å². The van der Waals surface area contributed by atoms with Gasteiger partial charge >= 0.3 is 0 Å². The van der Waals surface area contributed by atoms with Crippen LogP contribution in [0.4, 0.5) is 0 Å². The first-order chi connectivity index (χ1) is 12.9. The van der Waals surface area contributed by atoms with Gasteiger partial charge in [-0.15, -0.1) is 0 Å². The van der Waals surface area contributed by atoms with Crippen molar-refractivity contribution in [3.63, 3.8) is 0 Å². The molecule has 2 aliphatic rings. The largest absolute Gasteiger partial charge is 0.381 e. The standard InChI is InChI=1S/C23H30N2O2/c1-23(2,3)15-8-9-20-18(14-15)21(17-6-4-5-7-19(17)25-20)22(26)24-16-10-12-27-13-11-16/h4-7,15-16H,8-14H2,1-3H3,(H,24,26). The van der Waals surface area contributed by atoms with E-state index in [4.69, 9.17) is 9.72 Å². The minimum absolute atomic E-state index is 0.0614. The Kier molecular flexibility index (Phi) is 4.94. The highest BCUT2D eigenvalue weighted by Crippen LogP contribution is 2.39. The van der Waals surface area contributed by atoms with E-state index in [2.05, 4.69) is 26.1 Å². The summed E-state index contributed by atoms with van der Waals surface area (Å²) in [5, 5.41) is 4.27. The summed E-state index contributed by atoms with van der Waals surface area (Å²) in [7, 11) is 0. The molecule has 1 N–H and O–H groups in total. The maximum atomic E-state index is 13.4. The van der Waals surface area contributed by atoms with Crippen molar-refractivity contribution in [1.29, 1.82) is 0 Å². The fourth-order valence-corrected chi connectivity index (χ4v) is 4.49. The molecule has 0 bridgehead atoms. The maximum Gasteiger partial charge on any atom is 0.252 e. The summed E-state index contributed by atoms with van der Waals surface area (Å²) >= 11 is 0. The fourth-order valence-electron chi connectivity index (χ4n) is 4.49. The molecule has 1 fully saturated rings. The second-order valence-electron chi connectivity index (χ2n) is 9.10. The lowest BCUT2D eigenvalue weighted by Crippen LogP contribution is -2.40. The second kappa shape index (κ2) is 7.23. The van der Waals surface area contributed by atoms with Crippen molar-refractivity contribution >= 4 is 16.8 Å². The van der Waals surface area contributed by atoms with E-state index in [-0.39, 0.29) is 17.4 Å². The van der Waals surface area contributed by atoms with Crippen LogP contribution in [0.5, 0.6) is 0 Å². The number of benzene rings is 1. The first-order valence-electron chi connectivity index (χ1n) is 10.2. The Balaban J connectivity index is 1.76. The number of nitrogens with one attached hydrogen (secondary N) is 1. The van der Waals surface area contributed by atoms with Crippen molar-refractivity contribution < 1.29 is 9.53 Å². The number of aryl methyl sites for hydroxylation is 1. The van der Waals surface area contributed by atoms with Gasteiger partial charge in [0.05, 0.1) is 11.1 Å². The monoisotopic (exact) mass is 366 g/mol. The van der Waals surface area contributed by atoms with Gasteiger partial charge in [-0.2, -0.15) is 0 Å². The molecule has 1 atom stereocenters. The van der Waals surface area contributed by atoms with Crippen LogP contribution in [-0.4, -0.2) is 30.1 Å². The molecule has 144 valence electrons. The summed E-state index contributed by atoms with van der Waals surface area (Å²) < 4.78 is 5.44. The molecular weight excluding hydrogens is 336 g/mol. The van der Waals surface area contributed by atoms with E-state index in [1.54, 1.807) is 0 Å². The molecule has 2 heterocycles. The van der Waals surface area contributed by atoms with Gasteiger partial charge in [-0.1, -0.05) is 39.0 Å². The zero-order chi connectivity index (χ0) is 19.0. The highest BCUT2D eigenvalue weighted by Gasteiger charge is 2.33. The van der Waals surface area contributed by atoms with E-state index < -0.39 is 0 Å². The molecule has 1 aliphatic carbocycles. The van der Waals surface area contributed by atoms with Crippen molar-refractivity contribution in [2.45, 2.75) is 58.9 Å². The molecular formula is C23H30N2O2. The van der Waals surface area contributed by atoms with Gasteiger partial charge in [-0.3, -0.25) is 9.78 Å². The average molecular weight is 367 g/mol. The predicted molar refractivity (Wildman–Crippen MR) is 108 cm³/mol. The Hall–Kier alpha value is -1.94. The Labute approximate surface area is 161 Å². The molecule has 1 aliphatic heterocycles. The Morgan fingerprint density at radius 2 is 1.89 bits per heavy atom. The summed E-state index contributed by atoms with van der Waals surface area (Å²) in [6, 6.07) is 8.28. The predicted octanol–water partition coefficient (Wildman–Crippen LogP) is 4.29. The van der Waals surface area contributed by atoms with Gasteiger partial charge in [0.25, 0.3) is 5.91 Å². The Morgan fingerprint density at radius 3 is 2.63 bits per heavy atom. The zero-order valence-corrected chi connectivity index (χ0v) is 16.7. The number of ether oxygens (including phenoxy) is 1. The smallest absolute Gasteiger partial charge is 0.252 e. The summed E-state index contributed by atoms with van der Waals surface area (Å²) in [6.07, 6.45) is 4.82. The third kappa shape index (κ3) is 3.73. The number of pyridine rings is 1. The van der Waals surface area contributed by atoms with Crippen molar-refractivity contribution in [3.05, 3.63) is 41.1 Å². The molecule has 1 aromatic carbocycles. The molecule has 0 saturated carbocycles. The number of fused-ring (bicyclic) bond motifs is 2. The molecule has 2 aromatic rings. The molecule has 1 amide bonds. The number of carbonyl (C=O) groups excluding carboxylic acids is 1. The van der Waals surface area contributed by atoms with Crippen molar-refractivity contribution in [2.75, 3.05) is 13.2 Å². The van der Waals surface area contributed by atoms with Crippen LogP contribution in [0.1, 0.15) is 61.6 Å². The van der Waals surface area contributed by atoms with Crippen molar-refractivity contribution in [1.82, 2.24) is 10.3 Å². The van der Waals surface area contributed by atoms with Crippen molar-refractivity contribution in [2.24, 2.45) is 11.3 Å². The van der Waals surface area contributed by atoms with Gasteiger partial charge in [-0.05, 0) is 55.1 Å². The number of rotatable bonds is 2. The van der Waals surface area contributed by atoms with Gasteiger partial charge < -0.3 is 10.1 Å². The number of nitrogens with zero attached hydrogens (tertiary/aromatic N) is 1. The van der Waals surface area contributed by atoms with Crippen molar-refractivity contribution in [3.8, 4) is 0 Å². The number of hydrogen-bond acceptors (Lipinski definition) is 3. The maximum absolute atomic E-state index is 13.4. The van der Waals surface area contributed by atoms with Gasteiger partial charge in [0.15, 0.2) is 0 Å². The molecule has 1 unspecified atom stereocenters. The van der Waals surface area contributed by atoms with E-state index in [1.807, 2.05) is 24.3 Å². The topological polar surface area (TPSA) is 51.2 Å². The van der Waals surface area contributed by atoms with Gasteiger partial charge in [0.2, 0.25) is 0 Å². The van der Waals surface area contributed by atoms with E-state index in [0.29, 0.717) is 5.92 Å². The molecule has 0 radical (unpaired) electrons. The first kappa shape index (κ1) is 18.4. The third-order valence-electron chi connectivity index (χ3n) is 6.27. The normalized spacial score (nSPS) is 21.1. The van der Waals surface area contributed by atoms with Crippen LogP contribution in [0.15, 0.2) is 24.3 Å². The van der Waals surface area contributed by atoms with Crippen LogP contribution >= 0.6 is 0 Å². The molecule has 4 nitrogen and oxygen atoms in total. The summed E-state index contributed by atoms with van der Waals surface area (Å²) in [5.74, 6) is 0.633. The van der Waals surface area contributed by atoms with E-state index in [9.17, 15) is 4.79 Å². The lowest BCUT2D eigenvalue weighted by Gasteiger charge is -2.35. The molecule has 0 spiro atoms. The van der Waals surface area contributed by atoms with Crippen LogP contribution in [0.2, 0.25) is 0 Å². The Morgan fingerprint density at radius 1 is 1.15 bits per heavy atom. The van der Waals surface area contributed by atoms with Gasteiger partial charge in [0, 0.05) is 30.3 Å². The van der Waals surface area contributed by atoms with E-state index in [0.717, 1.165) is 67.5 Å². The van der Waals surface area contributed by atoms with Crippen LogP contribution in [0, 0.1) is 11.3 Å². The number of carbonyl (C=O) groups is 1. The molecule has 1 aromatic heterocycles.